The molecule has 1 aromatic heterocycles. The molecule has 0 saturated carbocycles. The molecule has 0 aliphatic carbocycles. The van der Waals surface area contributed by atoms with Gasteiger partial charge in [0.25, 0.3) is 5.69 Å². The first-order valence-electron chi connectivity index (χ1n) is 6.73. The number of rotatable bonds is 4. The molecule has 0 fully saturated rings. The Morgan fingerprint density at radius 2 is 1.73 bits per heavy atom. The van der Waals surface area contributed by atoms with Crippen LogP contribution >= 0.6 is 0 Å². The van der Waals surface area contributed by atoms with Crippen molar-refractivity contribution in [3.63, 3.8) is 0 Å². The number of ether oxygens (including phenoxy) is 1. The van der Waals surface area contributed by atoms with Gasteiger partial charge in [-0.2, -0.15) is 0 Å². The number of carbonyl (C=O) groups is 1. The smallest absolute Gasteiger partial charge is 0.341 e. The van der Waals surface area contributed by atoms with Gasteiger partial charge in [0.2, 0.25) is 0 Å². The average molecular weight is 372 g/mol. The van der Waals surface area contributed by atoms with Crippen LogP contribution in [0.2, 0.25) is 0 Å². The van der Waals surface area contributed by atoms with E-state index in [2.05, 4.69) is 4.74 Å². The van der Waals surface area contributed by atoms with E-state index in [1.165, 1.54) is 0 Å². The maximum Gasteiger partial charge on any atom is 0.341 e. The van der Waals surface area contributed by atoms with Crippen molar-refractivity contribution >= 4 is 11.7 Å². The van der Waals surface area contributed by atoms with Crippen molar-refractivity contribution < 1.29 is 23.2 Å². The van der Waals surface area contributed by atoms with Crippen molar-refractivity contribution in [2.24, 2.45) is 7.05 Å². The summed E-state index contributed by atoms with van der Waals surface area (Å²) in [4.78, 5) is 58.0. The van der Waals surface area contributed by atoms with E-state index < -0.39 is 57.5 Å². The lowest BCUT2D eigenvalue weighted by molar-refractivity contribution is -0.384. The van der Waals surface area contributed by atoms with Crippen LogP contribution in [0, 0.1) is 21.7 Å². The molecule has 0 atom stereocenters. The van der Waals surface area contributed by atoms with Crippen LogP contribution in [0.4, 0.5) is 14.5 Å². The zero-order valence-electron chi connectivity index (χ0n) is 13.3. The summed E-state index contributed by atoms with van der Waals surface area (Å²) in [5.41, 5.74) is -6.01. The highest BCUT2D eigenvalue weighted by atomic mass is 19.2. The van der Waals surface area contributed by atoms with Gasteiger partial charge >= 0.3 is 23.0 Å². The molecule has 0 N–H and O–H groups in total. The van der Waals surface area contributed by atoms with Crippen LogP contribution in [-0.4, -0.2) is 31.7 Å². The third-order valence-electron chi connectivity index (χ3n) is 3.39. The van der Waals surface area contributed by atoms with Crippen LogP contribution in [0.5, 0.6) is 0 Å². The Morgan fingerprint density at radius 3 is 2.27 bits per heavy atom. The topological polar surface area (TPSA) is 135 Å². The van der Waals surface area contributed by atoms with Crippen molar-refractivity contribution in [3.8, 4) is 5.69 Å². The third-order valence-corrected chi connectivity index (χ3v) is 3.39. The summed E-state index contributed by atoms with van der Waals surface area (Å²) >= 11 is 0. The molecule has 2 rings (SSSR count). The number of nitro benzene ring substituents is 1. The molecule has 0 saturated heterocycles. The van der Waals surface area contributed by atoms with Crippen molar-refractivity contribution in [3.05, 3.63) is 65.3 Å². The van der Waals surface area contributed by atoms with E-state index in [1.807, 2.05) is 0 Å². The molecule has 1 heterocycles. The van der Waals surface area contributed by atoms with Gasteiger partial charge in [0.15, 0.2) is 11.6 Å². The molecule has 0 aliphatic heterocycles. The average Bonchev–Trinajstić information content (AvgIpc) is 2.59. The number of methoxy groups -OCH3 is 1. The van der Waals surface area contributed by atoms with E-state index >= 15 is 0 Å². The van der Waals surface area contributed by atoms with Gasteiger partial charge in [0.05, 0.1) is 18.1 Å². The highest BCUT2D eigenvalue weighted by Crippen LogP contribution is 2.23. The quantitative estimate of drug-likeness (QED) is 0.384. The number of nitrogens with zero attached hydrogens (tertiary/aromatic N) is 4. The normalized spacial score (nSPS) is 10.6. The van der Waals surface area contributed by atoms with Gasteiger partial charge in [-0.25, -0.2) is 36.9 Å². The summed E-state index contributed by atoms with van der Waals surface area (Å²) in [7, 11) is 1.91. The van der Waals surface area contributed by atoms with Crippen molar-refractivity contribution in [2.75, 3.05) is 7.11 Å². The van der Waals surface area contributed by atoms with E-state index in [-0.39, 0.29) is 21.3 Å². The molecule has 0 amide bonds. The molecule has 26 heavy (non-hydrogen) atoms. The molecule has 0 unspecified atom stereocenters. The number of aromatic nitrogens is 3. The minimum Gasteiger partial charge on any atom is -0.468 e. The van der Waals surface area contributed by atoms with Crippen LogP contribution in [0.15, 0.2) is 26.5 Å². The van der Waals surface area contributed by atoms with Crippen molar-refractivity contribution in [2.45, 2.75) is 6.54 Å². The Bertz CT molecular complexity index is 1100. The van der Waals surface area contributed by atoms with E-state index in [9.17, 15) is 38.1 Å². The molecule has 0 radical (unpaired) electrons. The lowest BCUT2D eigenvalue weighted by Crippen LogP contribution is -2.54. The Hall–Kier alpha value is -3.64. The zero-order chi connectivity index (χ0) is 19.8. The molecule has 0 spiro atoms. The fraction of sp³-hybridized carbons (Fsp3) is 0.231. The van der Waals surface area contributed by atoms with E-state index in [0.717, 1.165) is 14.2 Å². The molecule has 0 bridgehead atoms. The third kappa shape index (κ3) is 3.01. The number of benzene rings is 1. The van der Waals surface area contributed by atoms with Gasteiger partial charge in [-0.05, 0) is 0 Å². The maximum atomic E-state index is 13.6. The number of carbonyl (C=O) groups excluding carboxylic acids is 1. The molecule has 11 nitrogen and oxygen atoms in total. The van der Waals surface area contributed by atoms with Gasteiger partial charge < -0.3 is 4.74 Å². The summed E-state index contributed by atoms with van der Waals surface area (Å²) in [6.07, 6.45) is 0. The van der Waals surface area contributed by atoms with E-state index in [1.54, 1.807) is 0 Å². The van der Waals surface area contributed by atoms with Crippen molar-refractivity contribution in [1.29, 1.82) is 0 Å². The molecular weight excluding hydrogens is 362 g/mol. The number of nitro groups is 1. The minimum absolute atomic E-state index is 0.0883. The highest BCUT2D eigenvalue weighted by molar-refractivity contribution is 5.68. The maximum absolute atomic E-state index is 13.6. The molecule has 13 heteroatoms. The van der Waals surface area contributed by atoms with Gasteiger partial charge in [-0.3, -0.25) is 14.9 Å². The predicted molar refractivity (Wildman–Crippen MR) is 80.1 cm³/mol. The lowest BCUT2D eigenvalue weighted by atomic mass is 10.2. The van der Waals surface area contributed by atoms with Gasteiger partial charge in [-0.1, -0.05) is 0 Å². The Labute approximate surface area is 141 Å². The summed E-state index contributed by atoms with van der Waals surface area (Å²) < 4.78 is 31.9. The van der Waals surface area contributed by atoms with Crippen LogP contribution in [0.25, 0.3) is 5.69 Å². The lowest BCUT2D eigenvalue weighted by Gasteiger charge is -2.11. The second-order valence-electron chi connectivity index (χ2n) is 4.92. The van der Waals surface area contributed by atoms with Crippen LogP contribution < -0.4 is 17.1 Å². The number of hydrogen-bond donors (Lipinski definition) is 0. The first kappa shape index (κ1) is 18.7. The second kappa shape index (κ2) is 6.70. The largest absolute Gasteiger partial charge is 0.468 e. The van der Waals surface area contributed by atoms with Crippen LogP contribution in [0.1, 0.15) is 0 Å². The molecular formula is C13H10F2N4O7. The minimum atomic E-state index is -1.58. The van der Waals surface area contributed by atoms with Crippen LogP contribution in [0.3, 0.4) is 0 Å². The summed E-state index contributed by atoms with van der Waals surface area (Å²) in [6.45, 7) is -0.903. The Balaban J connectivity index is 2.97. The van der Waals surface area contributed by atoms with Crippen LogP contribution in [-0.2, 0) is 23.1 Å². The molecule has 138 valence electrons. The number of halogens is 2. The van der Waals surface area contributed by atoms with Crippen molar-refractivity contribution in [1.82, 2.24) is 13.7 Å². The van der Waals surface area contributed by atoms with Gasteiger partial charge in [-0.15, -0.1) is 0 Å². The SMILES string of the molecule is COC(=O)Cn1c(=O)n(C)c(=O)n(-c2cc(F)c(F)cc2[N+](=O)[O-])c1=O. The first-order valence-corrected chi connectivity index (χ1v) is 6.73. The fourth-order valence-electron chi connectivity index (χ4n) is 2.08. The zero-order valence-corrected chi connectivity index (χ0v) is 13.3. The van der Waals surface area contributed by atoms with E-state index in [4.69, 9.17) is 0 Å². The first-order chi connectivity index (χ1) is 12.1. The highest BCUT2D eigenvalue weighted by Gasteiger charge is 2.25. The molecule has 2 aromatic rings. The fourth-order valence-corrected chi connectivity index (χ4v) is 2.08. The number of hydrogen-bond acceptors (Lipinski definition) is 7. The van der Waals surface area contributed by atoms with Gasteiger partial charge in [0.1, 0.15) is 12.2 Å². The molecule has 1 aromatic carbocycles. The Morgan fingerprint density at radius 1 is 1.15 bits per heavy atom. The predicted octanol–water partition coefficient (Wildman–Crippen LogP) is -0.943. The standard InChI is InChI=1S/C13H10F2N4O7/c1-16-11(21)17(5-10(20)26-2)13(23)18(12(16)22)8-3-6(14)7(15)4-9(8)19(24)25/h3-4H,5H2,1-2H3. The monoisotopic (exact) mass is 372 g/mol. The number of esters is 1. The summed E-state index contributed by atoms with van der Waals surface area (Å²) in [5, 5.41) is 11.1. The second-order valence-corrected chi connectivity index (χ2v) is 4.92. The summed E-state index contributed by atoms with van der Waals surface area (Å²) in [5.74, 6) is -4.16. The summed E-state index contributed by atoms with van der Waals surface area (Å²) in [6, 6.07) is 0.454. The van der Waals surface area contributed by atoms with E-state index in [0.29, 0.717) is 4.57 Å². The van der Waals surface area contributed by atoms with Gasteiger partial charge in [0, 0.05) is 13.1 Å². The molecule has 0 aliphatic rings. The Kier molecular flexibility index (Phi) is 4.82.